The largest absolute Gasteiger partial charge is 0.502 e. The highest BCUT2D eigenvalue weighted by atomic mass is 16.4. The van der Waals surface area contributed by atoms with E-state index in [0.29, 0.717) is 0 Å². The first-order valence-electron chi connectivity index (χ1n) is 6.88. The van der Waals surface area contributed by atoms with Gasteiger partial charge in [-0.25, -0.2) is 0 Å². The molecule has 3 rings (SSSR count). The van der Waals surface area contributed by atoms with Gasteiger partial charge in [-0.1, -0.05) is 60.7 Å². The summed E-state index contributed by atoms with van der Waals surface area (Å²) in [5.74, 6) is -0.223. The molecule has 0 radical (unpaired) electrons. The number of hydrogen-bond acceptors (Lipinski definition) is 3. The number of hydrogen-bond donors (Lipinski definition) is 1. The molecular formula is C19H14O3. The second-order valence-corrected chi connectivity index (χ2v) is 4.82. The van der Waals surface area contributed by atoms with Crippen LogP contribution in [0.5, 0.6) is 5.75 Å². The molecule has 0 aliphatic heterocycles. The number of aromatic hydroxyl groups is 1. The van der Waals surface area contributed by atoms with Gasteiger partial charge in [0.25, 0.3) is 0 Å². The van der Waals surface area contributed by atoms with E-state index in [1.165, 1.54) is 12.3 Å². The van der Waals surface area contributed by atoms with E-state index in [0.717, 1.165) is 16.7 Å². The molecule has 0 unspecified atom stereocenters. The highest BCUT2D eigenvalue weighted by Crippen LogP contribution is 2.20. The highest BCUT2D eigenvalue weighted by Gasteiger charge is 2.03. The van der Waals surface area contributed by atoms with E-state index in [4.69, 9.17) is 4.42 Å². The van der Waals surface area contributed by atoms with Gasteiger partial charge in [0, 0.05) is 6.07 Å². The lowest BCUT2D eigenvalue weighted by Gasteiger charge is -2.02. The molecule has 3 heteroatoms. The zero-order valence-electron chi connectivity index (χ0n) is 11.8. The van der Waals surface area contributed by atoms with E-state index in [1.54, 1.807) is 12.2 Å². The second-order valence-electron chi connectivity index (χ2n) is 4.82. The van der Waals surface area contributed by atoms with E-state index in [2.05, 4.69) is 12.1 Å². The molecular weight excluding hydrogens is 276 g/mol. The van der Waals surface area contributed by atoms with Crippen molar-refractivity contribution in [3.05, 3.63) is 88.5 Å². The number of benzene rings is 2. The zero-order valence-corrected chi connectivity index (χ0v) is 11.8. The van der Waals surface area contributed by atoms with E-state index in [1.807, 2.05) is 42.5 Å². The van der Waals surface area contributed by atoms with Crippen molar-refractivity contribution in [3.63, 3.8) is 0 Å². The van der Waals surface area contributed by atoms with Crippen molar-refractivity contribution in [2.45, 2.75) is 0 Å². The van der Waals surface area contributed by atoms with Gasteiger partial charge in [0.05, 0.1) is 6.26 Å². The quantitative estimate of drug-likeness (QED) is 0.787. The summed E-state index contributed by atoms with van der Waals surface area (Å²) in [6.45, 7) is 0. The lowest BCUT2D eigenvalue weighted by molar-refractivity contribution is 0.424. The molecule has 1 aromatic heterocycles. The first kappa shape index (κ1) is 13.9. The summed E-state index contributed by atoms with van der Waals surface area (Å²) in [7, 11) is 0. The second kappa shape index (κ2) is 6.14. The SMILES string of the molecule is O=c1ccoc(/C=C/c2ccc(-c3ccccc3)cc2)c1O. The van der Waals surface area contributed by atoms with Crippen molar-refractivity contribution in [2.75, 3.05) is 0 Å². The zero-order chi connectivity index (χ0) is 15.4. The minimum Gasteiger partial charge on any atom is -0.502 e. The van der Waals surface area contributed by atoms with E-state index < -0.39 is 5.43 Å². The molecule has 3 aromatic rings. The first-order chi connectivity index (χ1) is 10.7. The predicted octanol–water partition coefficient (Wildman–Crippen LogP) is 4.18. The summed E-state index contributed by atoms with van der Waals surface area (Å²) in [6, 6.07) is 19.3. The van der Waals surface area contributed by atoms with Gasteiger partial charge in [0.2, 0.25) is 11.2 Å². The molecule has 0 amide bonds. The van der Waals surface area contributed by atoms with Crippen molar-refractivity contribution in [1.82, 2.24) is 0 Å². The Hall–Kier alpha value is -3.07. The van der Waals surface area contributed by atoms with Crippen LogP contribution in [-0.2, 0) is 0 Å². The summed E-state index contributed by atoms with van der Waals surface area (Å²) in [6.07, 6.45) is 4.63. The minimum atomic E-state index is -0.453. The molecule has 0 aliphatic rings. The topological polar surface area (TPSA) is 50.4 Å². The Labute approximate surface area is 127 Å². The van der Waals surface area contributed by atoms with Crippen LogP contribution in [0.2, 0.25) is 0 Å². The average molecular weight is 290 g/mol. The van der Waals surface area contributed by atoms with Gasteiger partial charge in [0.1, 0.15) is 0 Å². The summed E-state index contributed by atoms with van der Waals surface area (Å²) in [5, 5.41) is 9.61. The van der Waals surface area contributed by atoms with Crippen molar-refractivity contribution in [1.29, 1.82) is 0 Å². The van der Waals surface area contributed by atoms with Gasteiger partial charge in [-0.05, 0) is 22.8 Å². The lowest BCUT2D eigenvalue weighted by Crippen LogP contribution is -1.97. The van der Waals surface area contributed by atoms with Crippen molar-refractivity contribution >= 4 is 12.2 Å². The molecule has 108 valence electrons. The van der Waals surface area contributed by atoms with E-state index in [-0.39, 0.29) is 11.5 Å². The van der Waals surface area contributed by atoms with Crippen LogP contribution in [0, 0.1) is 0 Å². The molecule has 0 saturated heterocycles. The molecule has 2 aromatic carbocycles. The third-order valence-electron chi connectivity index (χ3n) is 3.33. The molecule has 0 saturated carbocycles. The van der Waals surface area contributed by atoms with Crippen LogP contribution < -0.4 is 5.43 Å². The van der Waals surface area contributed by atoms with Crippen molar-refractivity contribution in [2.24, 2.45) is 0 Å². The third-order valence-corrected chi connectivity index (χ3v) is 3.33. The summed E-state index contributed by atoms with van der Waals surface area (Å²) < 4.78 is 5.12. The van der Waals surface area contributed by atoms with Crippen LogP contribution in [-0.4, -0.2) is 5.11 Å². The molecule has 0 spiro atoms. The first-order valence-corrected chi connectivity index (χ1v) is 6.88. The van der Waals surface area contributed by atoms with Crippen LogP contribution in [0.1, 0.15) is 11.3 Å². The molecule has 3 nitrogen and oxygen atoms in total. The Kier molecular flexibility index (Phi) is 3.88. The summed E-state index contributed by atoms with van der Waals surface area (Å²) in [5.41, 5.74) is 2.78. The van der Waals surface area contributed by atoms with Crippen molar-refractivity contribution in [3.8, 4) is 16.9 Å². The molecule has 1 N–H and O–H groups in total. The lowest BCUT2D eigenvalue weighted by atomic mass is 10.0. The highest BCUT2D eigenvalue weighted by molar-refractivity contribution is 5.72. The van der Waals surface area contributed by atoms with Crippen LogP contribution in [0.4, 0.5) is 0 Å². The number of rotatable bonds is 3. The third kappa shape index (κ3) is 2.99. The van der Waals surface area contributed by atoms with Gasteiger partial charge < -0.3 is 9.52 Å². The van der Waals surface area contributed by atoms with Gasteiger partial charge >= 0.3 is 0 Å². The molecule has 0 aliphatic carbocycles. The minimum absolute atomic E-state index is 0.152. The summed E-state index contributed by atoms with van der Waals surface area (Å²) in [4.78, 5) is 11.3. The molecule has 0 bridgehead atoms. The Morgan fingerprint density at radius 1 is 0.818 bits per heavy atom. The Balaban J connectivity index is 1.83. The van der Waals surface area contributed by atoms with Crippen LogP contribution >= 0.6 is 0 Å². The fraction of sp³-hybridized carbons (Fsp3) is 0. The van der Waals surface area contributed by atoms with Crippen LogP contribution in [0.15, 0.2) is 76.1 Å². The molecule has 0 fully saturated rings. The molecule has 0 atom stereocenters. The maximum absolute atomic E-state index is 11.3. The normalized spacial score (nSPS) is 10.9. The van der Waals surface area contributed by atoms with Gasteiger partial charge in [-0.2, -0.15) is 0 Å². The fourth-order valence-corrected chi connectivity index (χ4v) is 2.13. The maximum Gasteiger partial charge on any atom is 0.227 e. The van der Waals surface area contributed by atoms with Gasteiger partial charge in [0.15, 0.2) is 5.76 Å². The van der Waals surface area contributed by atoms with Crippen LogP contribution in [0.25, 0.3) is 23.3 Å². The van der Waals surface area contributed by atoms with E-state index >= 15 is 0 Å². The Bertz CT molecular complexity index is 844. The van der Waals surface area contributed by atoms with Gasteiger partial charge in [-0.15, -0.1) is 0 Å². The molecule has 22 heavy (non-hydrogen) atoms. The standard InChI is InChI=1S/C19H14O3/c20-17-12-13-22-18(19(17)21)11-8-14-6-9-16(10-7-14)15-4-2-1-3-5-15/h1-13,21H/b11-8+. The van der Waals surface area contributed by atoms with Crippen LogP contribution in [0.3, 0.4) is 0 Å². The smallest absolute Gasteiger partial charge is 0.227 e. The Morgan fingerprint density at radius 3 is 2.23 bits per heavy atom. The predicted molar refractivity (Wildman–Crippen MR) is 87.4 cm³/mol. The maximum atomic E-state index is 11.3. The average Bonchev–Trinajstić information content (AvgIpc) is 2.57. The molecule has 1 heterocycles. The monoisotopic (exact) mass is 290 g/mol. The Morgan fingerprint density at radius 2 is 1.50 bits per heavy atom. The fourth-order valence-electron chi connectivity index (χ4n) is 2.13. The summed E-state index contributed by atoms with van der Waals surface area (Å²) >= 11 is 0. The van der Waals surface area contributed by atoms with E-state index in [9.17, 15) is 9.90 Å². The van der Waals surface area contributed by atoms with Crippen molar-refractivity contribution < 1.29 is 9.52 Å². The van der Waals surface area contributed by atoms with Gasteiger partial charge in [-0.3, -0.25) is 4.79 Å².